The minimum atomic E-state index is -0.474. The van der Waals surface area contributed by atoms with Crippen LogP contribution in [0.4, 0.5) is 11.4 Å². The van der Waals surface area contributed by atoms with Crippen LogP contribution in [0, 0.1) is 13.8 Å². The second-order valence-corrected chi connectivity index (χ2v) is 6.54. The number of esters is 1. The molecule has 142 valence electrons. The highest BCUT2D eigenvalue weighted by molar-refractivity contribution is 6.34. The number of nitrogens with zero attached hydrogens (tertiary/aromatic N) is 1. The van der Waals surface area contributed by atoms with Gasteiger partial charge in [-0.2, -0.15) is 0 Å². The van der Waals surface area contributed by atoms with Crippen LogP contribution in [0.1, 0.15) is 28.4 Å². The number of benzene rings is 2. The molecule has 6 nitrogen and oxygen atoms in total. The Kier molecular flexibility index (Phi) is 6.58. The third kappa shape index (κ3) is 5.08. The molecule has 0 spiro atoms. The Labute approximate surface area is 163 Å². The fourth-order valence-electron chi connectivity index (χ4n) is 2.68. The SMILES string of the molecule is COC(=O)c1ccc(N(CC(=O)Nc2c(C)cc(C)cc2Cl)C(C)=O)cc1. The molecule has 0 radical (unpaired) electrons. The minimum Gasteiger partial charge on any atom is -0.465 e. The molecule has 0 saturated carbocycles. The van der Waals surface area contributed by atoms with Crippen LogP contribution in [0.2, 0.25) is 5.02 Å². The number of amides is 2. The highest BCUT2D eigenvalue weighted by Crippen LogP contribution is 2.27. The van der Waals surface area contributed by atoms with Crippen LogP contribution in [-0.2, 0) is 14.3 Å². The van der Waals surface area contributed by atoms with E-state index in [1.165, 1.54) is 31.1 Å². The summed E-state index contributed by atoms with van der Waals surface area (Å²) in [6, 6.07) is 9.93. The van der Waals surface area contributed by atoms with Crippen molar-refractivity contribution in [3.05, 3.63) is 58.1 Å². The Balaban J connectivity index is 2.18. The summed E-state index contributed by atoms with van der Waals surface area (Å²) in [5, 5.41) is 3.20. The van der Waals surface area contributed by atoms with Gasteiger partial charge in [0.25, 0.3) is 0 Å². The van der Waals surface area contributed by atoms with Gasteiger partial charge in [0.05, 0.1) is 23.4 Å². The molecular formula is C20H21ClN2O4. The summed E-state index contributed by atoms with van der Waals surface area (Å²) in [6.07, 6.45) is 0. The maximum absolute atomic E-state index is 12.5. The maximum atomic E-state index is 12.5. The first-order chi connectivity index (χ1) is 12.7. The van der Waals surface area contributed by atoms with Crippen molar-refractivity contribution in [2.45, 2.75) is 20.8 Å². The molecule has 0 unspecified atom stereocenters. The van der Waals surface area contributed by atoms with E-state index in [-0.39, 0.29) is 18.4 Å². The Morgan fingerprint density at radius 1 is 1.11 bits per heavy atom. The third-order valence-electron chi connectivity index (χ3n) is 3.98. The van der Waals surface area contributed by atoms with E-state index in [1.54, 1.807) is 18.2 Å². The minimum absolute atomic E-state index is 0.184. The lowest BCUT2D eigenvalue weighted by molar-refractivity contribution is -0.120. The summed E-state index contributed by atoms with van der Waals surface area (Å²) in [4.78, 5) is 37.3. The predicted molar refractivity (Wildman–Crippen MR) is 105 cm³/mol. The monoisotopic (exact) mass is 388 g/mol. The molecule has 0 aliphatic rings. The van der Waals surface area contributed by atoms with E-state index in [2.05, 4.69) is 10.1 Å². The van der Waals surface area contributed by atoms with Crippen LogP contribution in [-0.4, -0.2) is 31.4 Å². The van der Waals surface area contributed by atoms with Gasteiger partial charge in [-0.05, 0) is 55.3 Å². The van der Waals surface area contributed by atoms with E-state index in [4.69, 9.17) is 11.6 Å². The quantitative estimate of drug-likeness (QED) is 0.792. The number of nitrogens with one attached hydrogen (secondary N) is 1. The number of hydrogen-bond donors (Lipinski definition) is 1. The van der Waals surface area contributed by atoms with Gasteiger partial charge in [0.2, 0.25) is 11.8 Å². The van der Waals surface area contributed by atoms with E-state index in [1.807, 2.05) is 19.9 Å². The van der Waals surface area contributed by atoms with Crippen molar-refractivity contribution in [2.24, 2.45) is 0 Å². The largest absolute Gasteiger partial charge is 0.465 e. The van der Waals surface area contributed by atoms with Crippen LogP contribution in [0.25, 0.3) is 0 Å². The lowest BCUT2D eigenvalue weighted by Crippen LogP contribution is -2.36. The lowest BCUT2D eigenvalue weighted by Gasteiger charge is -2.21. The Bertz CT molecular complexity index is 855. The van der Waals surface area contributed by atoms with Crippen LogP contribution >= 0.6 is 11.6 Å². The summed E-state index contributed by atoms with van der Waals surface area (Å²) in [5.74, 6) is -1.16. The van der Waals surface area contributed by atoms with Crippen LogP contribution < -0.4 is 10.2 Å². The summed E-state index contributed by atoms with van der Waals surface area (Å²) < 4.78 is 4.65. The van der Waals surface area contributed by atoms with Crippen molar-refractivity contribution in [2.75, 3.05) is 23.9 Å². The van der Waals surface area contributed by atoms with E-state index in [9.17, 15) is 14.4 Å². The van der Waals surface area contributed by atoms with Gasteiger partial charge in [0.1, 0.15) is 6.54 Å². The Morgan fingerprint density at radius 3 is 2.26 bits per heavy atom. The number of anilines is 2. The molecule has 7 heteroatoms. The molecule has 1 N–H and O–H groups in total. The molecular weight excluding hydrogens is 368 g/mol. The molecule has 0 bridgehead atoms. The van der Waals surface area contributed by atoms with Crippen LogP contribution in [0.3, 0.4) is 0 Å². The molecule has 0 aliphatic heterocycles. The van der Waals surface area contributed by atoms with Crippen molar-refractivity contribution in [3.8, 4) is 0 Å². The topological polar surface area (TPSA) is 75.7 Å². The van der Waals surface area contributed by atoms with E-state index >= 15 is 0 Å². The maximum Gasteiger partial charge on any atom is 0.337 e. The lowest BCUT2D eigenvalue weighted by atomic mass is 10.1. The fraction of sp³-hybridized carbons (Fsp3) is 0.250. The van der Waals surface area contributed by atoms with Crippen LogP contribution in [0.15, 0.2) is 36.4 Å². The second kappa shape index (κ2) is 8.68. The average Bonchev–Trinajstić information content (AvgIpc) is 2.62. The number of carbonyl (C=O) groups excluding carboxylic acids is 3. The second-order valence-electron chi connectivity index (χ2n) is 6.13. The number of aryl methyl sites for hydroxylation is 2. The van der Waals surface area contributed by atoms with E-state index < -0.39 is 5.97 Å². The molecule has 0 aliphatic carbocycles. The first kappa shape index (κ1) is 20.5. The van der Waals surface area contributed by atoms with Gasteiger partial charge >= 0.3 is 5.97 Å². The molecule has 2 amide bonds. The number of halogens is 1. The van der Waals surface area contributed by atoms with Gasteiger partial charge in [-0.25, -0.2) is 4.79 Å². The number of carbonyl (C=O) groups is 3. The zero-order valence-corrected chi connectivity index (χ0v) is 16.4. The van der Waals surface area contributed by atoms with Crippen molar-refractivity contribution >= 4 is 40.8 Å². The van der Waals surface area contributed by atoms with Crippen molar-refractivity contribution in [1.29, 1.82) is 0 Å². The molecule has 0 aromatic heterocycles. The predicted octanol–water partition coefficient (Wildman–Crippen LogP) is 3.74. The average molecular weight is 389 g/mol. The van der Waals surface area contributed by atoms with Crippen molar-refractivity contribution in [3.63, 3.8) is 0 Å². The van der Waals surface area contributed by atoms with Gasteiger partial charge in [0, 0.05) is 12.6 Å². The fourth-order valence-corrected chi connectivity index (χ4v) is 3.04. The molecule has 2 aromatic carbocycles. The standard InChI is InChI=1S/C20H21ClN2O4/c1-12-9-13(2)19(17(21)10-12)22-18(25)11-23(14(3)24)16-7-5-15(6-8-16)20(26)27-4/h5-10H,11H2,1-4H3,(H,22,25). The number of rotatable bonds is 5. The Hall–Kier alpha value is -2.86. The number of methoxy groups -OCH3 is 1. The van der Waals surface area contributed by atoms with Gasteiger partial charge in [-0.1, -0.05) is 17.7 Å². The summed E-state index contributed by atoms with van der Waals surface area (Å²) in [6.45, 7) is 4.95. The first-order valence-electron chi connectivity index (χ1n) is 8.26. The third-order valence-corrected chi connectivity index (χ3v) is 4.28. The molecule has 0 fully saturated rings. The zero-order chi connectivity index (χ0) is 20.1. The van der Waals surface area contributed by atoms with Crippen molar-refractivity contribution in [1.82, 2.24) is 0 Å². The van der Waals surface area contributed by atoms with Gasteiger partial charge < -0.3 is 15.0 Å². The summed E-state index contributed by atoms with van der Waals surface area (Å²) in [7, 11) is 1.29. The molecule has 2 aromatic rings. The first-order valence-corrected chi connectivity index (χ1v) is 8.63. The van der Waals surface area contributed by atoms with Crippen molar-refractivity contribution < 1.29 is 19.1 Å². The van der Waals surface area contributed by atoms with Gasteiger partial charge in [0.15, 0.2) is 0 Å². The molecule has 0 heterocycles. The normalized spacial score (nSPS) is 10.3. The summed E-state index contributed by atoms with van der Waals surface area (Å²) >= 11 is 6.22. The zero-order valence-electron chi connectivity index (χ0n) is 15.6. The molecule has 27 heavy (non-hydrogen) atoms. The number of hydrogen-bond acceptors (Lipinski definition) is 4. The highest BCUT2D eigenvalue weighted by atomic mass is 35.5. The van der Waals surface area contributed by atoms with Gasteiger partial charge in [-0.15, -0.1) is 0 Å². The molecule has 0 atom stereocenters. The Morgan fingerprint density at radius 2 is 1.74 bits per heavy atom. The van der Waals surface area contributed by atoms with E-state index in [0.717, 1.165) is 11.1 Å². The van der Waals surface area contributed by atoms with E-state index in [0.29, 0.717) is 22.0 Å². The summed E-state index contributed by atoms with van der Waals surface area (Å²) in [5.41, 5.74) is 3.21. The van der Waals surface area contributed by atoms with Gasteiger partial charge in [-0.3, -0.25) is 9.59 Å². The smallest absolute Gasteiger partial charge is 0.337 e. The number of ether oxygens (including phenoxy) is 1. The molecule has 2 rings (SSSR count). The highest BCUT2D eigenvalue weighted by Gasteiger charge is 2.18. The van der Waals surface area contributed by atoms with Crippen LogP contribution in [0.5, 0.6) is 0 Å². The molecule has 0 saturated heterocycles.